The van der Waals surface area contributed by atoms with Gasteiger partial charge in [0.15, 0.2) is 17.6 Å². The first-order chi connectivity index (χ1) is 12.6. The summed E-state index contributed by atoms with van der Waals surface area (Å²) in [6.45, 7) is 1.51. The zero-order valence-electron chi connectivity index (χ0n) is 14.4. The lowest BCUT2D eigenvalue weighted by atomic mass is 10.2. The fraction of sp³-hybridized carbons (Fsp3) is 0.263. The summed E-state index contributed by atoms with van der Waals surface area (Å²) >= 11 is 0. The molecule has 0 aromatic heterocycles. The molecule has 0 radical (unpaired) electrons. The van der Waals surface area contributed by atoms with Crippen LogP contribution in [0.3, 0.4) is 0 Å². The highest BCUT2D eigenvalue weighted by Gasteiger charge is 2.31. The minimum atomic E-state index is -1.01. The molecule has 0 saturated heterocycles. The van der Waals surface area contributed by atoms with Crippen molar-refractivity contribution in [2.24, 2.45) is 0 Å². The number of para-hydroxylation sites is 4. The summed E-state index contributed by atoms with van der Waals surface area (Å²) in [6.07, 6.45) is -1.93. The second-order valence-corrected chi connectivity index (χ2v) is 5.63. The largest absolute Gasteiger partial charge is 0.495 e. The van der Waals surface area contributed by atoms with Gasteiger partial charge in [0.05, 0.1) is 12.8 Å². The van der Waals surface area contributed by atoms with Crippen molar-refractivity contribution in [3.05, 3.63) is 48.5 Å². The molecule has 1 heterocycles. The van der Waals surface area contributed by atoms with Crippen molar-refractivity contribution in [3.8, 4) is 17.2 Å². The first-order valence-corrected chi connectivity index (χ1v) is 8.11. The minimum absolute atomic E-state index is 0.0245. The molecule has 7 heteroatoms. The van der Waals surface area contributed by atoms with E-state index in [4.69, 9.17) is 18.9 Å². The number of methoxy groups -OCH3 is 1. The van der Waals surface area contributed by atoms with E-state index in [1.54, 1.807) is 42.5 Å². The van der Waals surface area contributed by atoms with Gasteiger partial charge in [-0.15, -0.1) is 0 Å². The Kier molecular flexibility index (Phi) is 5.26. The van der Waals surface area contributed by atoms with Gasteiger partial charge in [0.1, 0.15) is 12.4 Å². The van der Waals surface area contributed by atoms with Crippen LogP contribution in [-0.4, -0.2) is 37.8 Å². The molecule has 1 N–H and O–H groups in total. The van der Waals surface area contributed by atoms with Gasteiger partial charge in [0.2, 0.25) is 6.10 Å². The molecule has 3 rings (SSSR count). The number of hydrogen-bond acceptors (Lipinski definition) is 6. The summed E-state index contributed by atoms with van der Waals surface area (Å²) < 4.78 is 21.5. The molecule has 1 amide bonds. The normalized spacial score (nSPS) is 16.3. The zero-order valence-corrected chi connectivity index (χ0v) is 14.4. The highest BCUT2D eigenvalue weighted by molar-refractivity contribution is 5.96. The standard InChI is InChI=1S/C19H19NO6/c1-12(18(21)20-13-7-3-4-8-14(13)23-2)25-19(22)17-11-24-15-9-5-6-10-16(15)26-17/h3-10,12,17H,11H2,1-2H3,(H,20,21)/t12-,17+/m1/s1. The molecule has 1 aliphatic heterocycles. The van der Waals surface area contributed by atoms with E-state index in [9.17, 15) is 9.59 Å². The van der Waals surface area contributed by atoms with Gasteiger partial charge in [-0.1, -0.05) is 24.3 Å². The number of rotatable bonds is 5. The molecule has 1 aliphatic rings. The van der Waals surface area contributed by atoms with Gasteiger partial charge in [-0.3, -0.25) is 4.79 Å². The van der Waals surface area contributed by atoms with E-state index < -0.39 is 24.1 Å². The monoisotopic (exact) mass is 357 g/mol. The molecular formula is C19H19NO6. The second kappa shape index (κ2) is 7.77. The topological polar surface area (TPSA) is 83.1 Å². The highest BCUT2D eigenvalue weighted by atomic mass is 16.6. The molecule has 2 atom stereocenters. The number of carbonyl (C=O) groups is 2. The van der Waals surface area contributed by atoms with Crippen LogP contribution >= 0.6 is 0 Å². The molecule has 2 aromatic carbocycles. The zero-order chi connectivity index (χ0) is 18.5. The van der Waals surface area contributed by atoms with Gasteiger partial charge >= 0.3 is 5.97 Å². The fourth-order valence-corrected chi connectivity index (χ4v) is 2.42. The van der Waals surface area contributed by atoms with Crippen molar-refractivity contribution < 1.29 is 28.5 Å². The van der Waals surface area contributed by atoms with E-state index in [0.717, 1.165) is 0 Å². The smallest absolute Gasteiger partial charge is 0.351 e. The second-order valence-electron chi connectivity index (χ2n) is 5.63. The number of ether oxygens (including phenoxy) is 4. The molecule has 0 fully saturated rings. The molecular weight excluding hydrogens is 338 g/mol. The Bertz CT molecular complexity index is 806. The maximum absolute atomic E-state index is 12.3. The number of anilines is 1. The summed E-state index contributed by atoms with van der Waals surface area (Å²) in [5.41, 5.74) is 0.495. The molecule has 0 spiro atoms. The third kappa shape index (κ3) is 3.88. The number of carbonyl (C=O) groups excluding carboxylic acids is 2. The van der Waals surface area contributed by atoms with Crippen LogP contribution in [-0.2, 0) is 14.3 Å². The first-order valence-electron chi connectivity index (χ1n) is 8.11. The van der Waals surface area contributed by atoms with E-state index in [-0.39, 0.29) is 6.61 Å². The van der Waals surface area contributed by atoms with Crippen molar-refractivity contribution in [2.75, 3.05) is 19.0 Å². The number of nitrogens with one attached hydrogen (secondary N) is 1. The fourth-order valence-electron chi connectivity index (χ4n) is 2.42. The minimum Gasteiger partial charge on any atom is -0.495 e. The molecule has 0 bridgehead atoms. The van der Waals surface area contributed by atoms with E-state index in [1.165, 1.54) is 14.0 Å². The maximum Gasteiger partial charge on any atom is 0.351 e. The molecule has 2 aromatic rings. The van der Waals surface area contributed by atoms with Crippen LogP contribution in [0, 0.1) is 0 Å². The summed E-state index contributed by atoms with van der Waals surface area (Å²) in [4.78, 5) is 24.5. The van der Waals surface area contributed by atoms with Crippen molar-refractivity contribution in [2.45, 2.75) is 19.1 Å². The Labute approximate surface area is 150 Å². The molecule has 136 valence electrons. The summed E-state index contributed by atoms with van der Waals surface area (Å²) in [5.74, 6) is 0.410. The molecule has 26 heavy (non-hydrogen) atoms. The Morgan fingerprint density at radius 1 is 1.12 bits per heavy atom. The summed E-state index contributed by atoms with van der Waals surface area (Å²) in [7, 11) is 1.51. The van der Waals surface area contributed by atoms with E-state index in [2.05, 4.69) is 5.32 Å². The Balaban J connectivity index is 1.58. The van der Waals surface area contributed by atoms with Gasteiger partial charge in [0.25, 0.3) is 5.91 Å². The lowest BCUT2D eigenvalue weighted by Gasteiger charge is -2.26. The SMILES string of the molecule is COc1ccccc1NC(=O)[C@@H](C)OC(=O)[C@@H]1COc2ccccc2O1. The van der Waals surface area contributed by atoms with Gasteiger partial charge in [0, 0.05) is 0 Å². The third-order valence-electron chi connectivity index (χ3n) is 3.80. The number of amides is 1. The van der Waals surface area contributed by atoms with Crippen LogP contribution in [0.1, 0.15) is 6.92 Å². The Morgan fingerprint density at radius 3 is 2.58 bits per heavy atom. The first kappa shape index (κ1) is 17.6. The quantitative estimate of drug-likeness (QED) is 0.828. The average Bonchev–Trinajstić information content (AvgIpc) is 2.67. The number of fused-ring (bicyclic) bond motifs is 1. The van der Waals surface area contributed by atoms with Crippen molar-refractivity contribution in [1.29, 1.82) is 0 Å². The molecule has 0 aliphatic carbocycles. The molecule has 0 saturated carbocycles. The maximum atomic E-state index is 12.3. The van der Waals surface area contributed by atoms with Crippen LogP contribution in [0.2, 0.25) is 0 Å². The average molecular weight is 357 g/mol. The predicted octanol–water partition coefficient (Wildman–Crippen LogP) is 2.41. The number of hydrogen-bond donors (Lipinski definition) is 1. The summed E-state index contributed by atoms with van der Waals surface area (Å²) in [5, 5.41) is 2.67. The lowest BCUT2D eigenvalue weighted by molar-refractivity contribution is -0.162. The number of benzene rings is 2. The number of esters is 1. The third-order valence-corrected chi connectivity index (χ3v) is 3.80. The Morgan fingerprint density at radius 2 is 1.81 bits per heavy atom. The highest BCUT2D eigenvalue weighted by Crippen LogP contribution is 2.31. The van der Waals surface area contributed by atoms with E-state index in [1.807, 2.05) is 6.07 Å². The van der Waals surface area contributed by atoms with E-state index in [0.29, 0.717) is 22.9 Å². The van der Waals surface area contributed by atoms with Gasteiger partial charge in [-0.2, -0.15) is 0 Å². The van der Waals surface area contributed by atoms with Crippen molar-refractivity contribution in [1.82, 2.24) is 0 Å². The van der Waals surface area contributed by atoms with Crippen LogP contribution in [0.5, 0.6) is 17.2 Å². The van der Waals surface area contributed by atoms with Crippen LogP contribution < -0.4 is 19.5 Å². The lowest BCUT2D eigenvalue weighted by Crippen LogP contribution is -2.41. The predicted molar refractivity (Wildman–Crippen MR) is 93.5 cm³/mol. The van der Waals surface area contributed by atoms with Crippen LogP contribution in [0.15, 0.2) is 48.5 Å². The van der Waals surface area contributed by atoms with Crippen molar-refractivity contribution in [3.63, 3.8) is 0 Å². The molecule has 7 nitrogen and oxygen atoms in total. The van der Waals surface area contributed by atoms with Crippen LogP contribution in [0.25, 0.3) is 0 Å². The van der Waals surface area contributed by atoms with Gasteiger partial charge in [-0.25, -0.2) is 4.79 Å². The molecule has 0 unspecified atom stereocenters. The van der Waals surface area contributed by atoms with E-state index >= 15 is 0 Å². The summed E-state index contributed by atoms with van der Waals surface area (Å²) in [6, 6.07) is 14.0. The van der Waals surface area contributed by atoms with Gasteiger partial charge in [-0.05, 0) is 31.2 Å². The Hall–Kier alpha value is -3.22. The van der Waals surface area contributed by atoms with Crippen LogP contribution in [0.4, 0.5) is 5.69 Å². The van der Waals surface area contributed by atoms with Gasteiger partial charge < -0.3 is 24.3 Å². The van der Waals surface area contributed by atoms with Crippen molar-refractivity contribution >= 4 is 17.6 Å².